The second kappa shape index (κ2) is 3.76. The second-order valence-corrected chi connectivity index (χ2v) is 4.86. The SMILES string of the molecule is Cc1csc(CC2CCC2CN)n1. The van der Waals surface area contributed by atoms with E-state index in [4.69, 9.17) is 5.73 Å². The lowest BCUT2D eigenvalue weighted by Gasteiger charge is -2.35. The first-order valence-electron chi connectivity index (χ1n) is 4.90. The fourth-order valence-electron chi connectivity index (χ4n) is 1.94. The van der Waals surface area contributed by atoms with E-state index in [1.807, 2.05) is 0 Å². The highest BCUT2D eigenvalue weighted by Crippen LogP contribution is 2.36. The molecule has 1 fully saturated rings. The number of hydrogen-bond donors (Lipinski definition) is 1. The van der Waals surface area contributed by atoms with E-state index in [9.17, 15) is 0 Å². The summed E-state index contributed by atoms with van der Waals surface area (Å²) in [5, 5.41) is 3.42. The van der Waals surface area contributed by atoms with Gasteiger partial charge in [-0.2, -0.15) is 0 Å². The lowest BCUT2D eigenvalue weighted by atomic mass is 9.72. The predicted octanol–water partition coefficient (Wildman–Crippen LogP) is 1.98. The van der Waals surface area contributed by atoms with Crippen molar-refractivity contribution in [3.63, 3.8) is 0 Å². The Morgan fingerprint density at radius 1 is 1.54 bits per heavy atom. The van der Waals surface area contributed by atoms with E-state index >= 15 is 0 Å². The Balaban J connectivity index is 1.91. The molecule has 0 aromatic carbocycles. The summed E-state index contributed by atoms with van der Waals surface area (Å²) in [7, 11) is 0. The van der Waals surface area contributed by atoms with Gasteiger partial charge in [0, 0.05) is 17.5 Å². The Labute approximate surface area is 83.2 Å². The highest BCUT2D eigenvalue weighted by atomic mass is 32.1. The molecule has 0 radical (unpaired) electrons. The smallest absolute Gasteiger partial charge is 0.0930 e. The third-order valence-corrected chi connectivity index (χ3v) is 3.97. The molecule has 72 valence electrons. The summed E-state index contributed by atoms with van der Waals surface area (Å²) in [5.41, 5.74) is 6.82. The third-order valence-electron chi connectivity index (χ3n) is 2.98. The number of nitrogens with two attached hydrogens (primary N) is 1. The van der Waals surface area contributed by atoms with E-state index in [1.54, 1.807) is 11.3 Å². The average molecular weight is 196 g/mol. The van der Waals surface area contributed by atoms with E-state index in [1.165, 1.54) is 17.8 Å². The quantitative estimate of drug-likeness (QED) is 0.803. The molecule has 0 spiro atoms. The van der Waals surface area contributed by atoms with Crippen molar-refractivity contribution >= 4 is 11.3 Å². The first-order valence-corrected chi connectivity index (χ1v) is 5.78. The Hall–Kier alpha value is -0.410. The normalized spacial score (nSPS) is 27.2. The van der Waals surface area contributed by atoms with E-state index in [0.29, 0.717) is 0 Å². The number of aromatic nitrogens is 1. The van der Waals surface area contributed by atoms with Gasteiger partial charge in [0.25, 0.3) is 0 Å². The molecule has 2 rings (SSSR count). The van der Waals surface area contributed by atoms with Gasteiger partial charge in [0.15, 0.2) is 0 Å². The van der Waals surface area contributed by atoms with Gasteiger partial charge in [-0.3, -0.25) is 0 Å². The monoisotopic (exact) mass is 196 g/mol. The van der Waals surface area contributed by atoms with Gasteiger partial charge in [-0.05, 0) is 38.1 Å². The minimum absolute atomic E-state index is 0.768. The van der Waals surface area contributed by atoms with Crippen LogP contribution in [0.25, 0.3) is 0 Å². The predicted molar refractivity (Wildman–Crippen MR) is 55.8 cm³/mol. The minimum Gasteiger partial charge on any atom is -0.330 e. The highest BCUT2D eigenvalue weighted by Gasteiger charge is 2.29. The maximum absolute atomic E-state index is 5.67. The number of nitrogens with zero attached hydrogens (tertiary/aromatic N) is 1. The van der Waals surface area contributed by atoms with Crippen LogP contribution in [-0.2, 0) is 6.42 Å². The Bertz CT molecular complexity index is 280. The fourth-order valence-corrected chi connectivity index (χ4v) is 2.80. The summed E-state index contributed by atoms with van der Waals surface area (Å²) < 4.78 is 0. The van der Waals surface area contributed by atoms with E-state index in [2.05, 4.69) is 17.3 Å². The molecule has 1 saturated carbocycles. The summed E-state index contributed by atoms with van der Waals surface area (Å²) in [6, 6.07) is 0. The van der Waals surface area contributed by atoms with Gasteiger partial charge in [-0.25, -0.2) is 4.98 Å². The molecule has 0 saturated heterocycles. The standard InChI is InChI=1S/C10H16N2S/c1-7-6-13-10(12-7)4-8-2-3-9(8)5-11/h6,8-9H,2-5,11H2,1H3. The van der Waals surface area contributed by atoms with Gasteiger partial charge in [0.1, 0.15) is 0 Å². The molecule has 1 aromatic heterocycles. The van der Waals surface area contributed by atoms with Crippen LogP contribution < -0.4 is 5.73 Å². The topological polar surface area (TPSA) is 38.9 Å². The van der Waals surface area contributed by atoms with Crippen molar-refractivity contribution in [2.75, 3.05) is 6.54 Å². The van der Waals surface area contributed by atoms with Gasteiger partial charge < -0.3 is 5.73 Å². The largest absolute Gasteiger partial charge is 0.330 e. The molecule has 2 N–H and O–H groups in total. The average Bonchev–Trinajstić information content (AvgIpc) is 2.46. The molecule has 1 aliphatic carbocycles. The second-order valence-electron chi connectivity index (χ2n) is 3.92. The maximum Gasteiger partial charge on any atom is 0.0930 e. The van der Waals surface area contributed by atoms with Crippen LogP contribution in [0.1, 0.15) is 23.5 Å². The van der Waals surface area contributed by atoms with E-state index < -0.39 is 0 Å². The summed E-state index contributed by atoms with van der Waals surface area (Å²) in [4.78, 5) is 4.48. The van der Waals surface area contributed by atoms with Crippen molar-refractivity contribution < 1.29 is 0 Å². The molecule has 3 heteroatoms. The van der Waals surface area contributed by atoms with Gasteiger partial charge >= 0.3 is 0 Å². The van der Waals surface area contributed by atoms with Crippen molar-refractivity contribution in [2.24, 2.45) is 17.6 Å². The molecular weight excluding hydrogens is 180 g/mol. The van der Waals surface area contributed by atoms with Crippen LogP contribution in [-0.4, -0.2) is 11.5 Å². The van der Waals surface area contributed by atoms with Gasteiger partial charge in [0.2, 0.25) is 0 Å². The van der Waals surface area contributed by atoms with Crippen molar-refractivity contribution in [3.8, 4) is 0 Å². The van der Waals surface area contributed by atoms with Crippen molar-refractivity contribution in [1.82, 2.24) is 4.98 Å². The minimum atomic E-state index is 0.768. The molecule has 0 aliphatic heterocycles. The number of hydrogen-bond acceptors (Lipinski definition) is 3. The molecule has 1 aromatic rings. The van der Waals surface area contributed by atoms with Crippen LogP contribution in [0.3, 0.4) is 0 Å². The van der Waals surface area contributed by atoms with Crippen LogP contribution in [0, 0.1) is 18.8 Å². The summed E-state index contributed by atoms with van der Waals surface area (Å²) >= 11 is 1.79. The van der Waals surface area contributed by atoms with Crippen molar-refractivity contribution in [3.05, 3.63) is 16.1 Å². The zero-order chi connectivity index (χ0) is 9.26. The zero-order valence-electron chi connectivity index (χ0n) is 7.99. The van der Waals surface area contributed by atoms with Gasteiger partial charge in [-0.1, -0.05) is 0 Å². The van der Waals surface area contributed by atoms with E-state index in [-0.39, 0.29) is 0 Å². The zero-order valence-corrected chi connectivity index (χ0v) is 8.81. The molecule has 2 atom stereocenters. The van der Waals surface area contributed by atoms with Gasteiger partial charge in [0.05, 0.1) is 5.01 Å². The molecule has 2 nitrogen and oxygen atoms in total. The Morgan fingerprint density at radius 3 is 2.77 bits per heavy atom. The van der Waals surface area contributed by atoms with Crippen molar-refractivity contribution in [2.45, 2.75) is 26.2 Å². The molecule has 0 amide bonds. The van der Waals surface area contributed by atoms with Crippen LogP contribution in [0.15, 0.2) is 5.38 Å². The fraction of sp³-hybridized carbons (Fsp3) is 0.700. The number of rotatable bonds is 3. The summed E-state index contributed by atoms with van der Waals surface area (Å²) in [6.07, 6.45) is 3.83. The van der Waals surface area contributed by atoms with Crippen LogP contribution in [0.5, 0.6) is 0 Å². The third kappa shape index (κ3) is 1.92. The number of thiazole rings is 1. The lowest BCUT2D eigenvalue weighted by Crippen LogP contribution is -2.33. The molecular formula is C10H16N2S. The van der Waals surface area contributed by atoms with Crippen LogP contribution >= 0.6 is 11.3 Å². The van der Waals surface area contributed by atoms with E-state index in [0.717, 1.165) is 30.5 Å². The molecule has 2 unspecified atom stereocenters. The Morgan fingerprint density at radius 2 is 2.31 bits per heavy atom. The lowest BCUT2D eigenvalue weighted by molar-refractivity contribution is 0.183. The first-order chi connectivity index (χ1) is 6.29. The first kappa shape index (κ1) is 9.16. The summed E-state index contributed by atoms with van der Waals surface area (Å²) in [5.74, 6) is 1.58. The van der Waals surface area contributed by atoms with Crippen LogP contribution in [0.4, 0.5) is 0 Å². The molecule has 13 heavy (non-hydrogen) atoms. The molecule has 0 bridgehead atoms. The van der Waals surface area contributed by atoms with Gasteiger partial charge in [-0.15, -0.1) is 11.3 Å². The Kier molecular flexibility index (Phi) is 2.65. The molecule has 1 heterocycles. The molecule has 1 aliphatic rings. The summed E-state index contributed by atoms with van der Waals surface area (Å²) in [6.45, 7) is 2.91. The highest BCUT2D eigenvalue weighted by molar-refractivity contribution is 7.09. The number of aryl methyl sites for hydroxylation is 1. The maximum atomic E-state index is 5.67. The van der Waals surface area contributed by atoms with Crippen LogP contribution in [0.2, 0.25) is 0 Å². The van der Waals surface area contributed by atoms with Crippen molar-refractivity contribution in [1.29, 1.82) is 0 Å².